The standard InChI is InChI=1S/C18H15ClN2/c1-2-13-12-20-18(14-7-4-3-5-8-14)21-17(13)15-9-6-10-16(19)11-15/h3-12H,2H2,1H3. The summed E-state index contributed by atoms with van der Waals surface area (Å²) in [7, 11) is 0. The van der Waals surface area contributed by atoms with Crippen molar-refractivity contribution in [2.45, 2.75) is 13.3 Å². The average molecular weight is 295 g/mol. The summed E-state index contributed by atoms with van der Waals surface area (Å²) in [5.74, 6) is 0.739. The molecule has 1 aromatic heterocycles. The summed E-state index contributed by atoms with van der Waals surface area (Å²) in [5, 5.41) is 0.717. The Morgan fingerprint density at radius 1 is 0.952 bits per heavy atom. The number of nitrogens with zero attached hydrogens (tertiary/aromatic N) is 2. The van der Waals surface area contributed by atoms with E-state index in [1.807, 2.05) is 60.8 Å². The molecule has 2 aromatic carbocycles. The second-order valence-corrected chi connectivity index (χ2v) is 5.23. The lowest BCUT2D eigenvalue weighted by molar-refractivity contribution is 1.06. The molecule has 0 N–H and O–H groups in total. The molecule has 21 heavy (non-hydrogen) atoms. The smallest absolute Gasteiger partial charge is 0.159 e. The molecule has 1 heterocycles. The first-order valence-electron chi connectivity index (χ1n) is 6.95. The van der Waals surface area contributed by atoms with Gasteiger partial charge < -0.3 is 0 Å². The molecule has 0 aliphatic rings. The summed E-state index contributed by atoms with van der Waals surface area (Å²) in [5.41, 5.74) is 4.12. The number of rotatable bonds is 3. The number of halogens is 1. The molecule has 0 fully saturated rings. The monoisotopic (exact) mass is 294 g/mol. The number of hydrogen-bond acceptors (Lipinski definition) is 2. The van der Waals surface area contributed by atoms with Crippen molar-refractivity contribution in [2.24, 2.45) is 0 Å². The third kappa shape index (κ3) is 2.96. The molecule has 0 unspecified atom stereocenters. The fourth-order valence-electron chi connectivity index (χ4n) is 2.28. The van der Waals surface area contributed by atoms with Crippen molar-refractivity contribution in [3.63, 3.8) is 0 Å². The molecule has 104 valence electrons. The topological polar surface area (TPSA) is 25.8 Å². The van der Waals surface area contributed by atoms with Crippen LogP contribution in [-0.4, -0.2) is 9.97 Å². The first-order valence-corrected chi connectivity index (χ1v) is 7.33. The Hall–Kier alpha value is -2.19. The Labute approximate surface area is 129 Å². The van der Waals surface area contributed by atoms with E-state index < -0.39 is 0 Å². The summed E-state index contributed by atoms with van der Waals surface area (Å²) < 4.78 is 0. The SMILES string of the molecule is CCc1cnc(-c2ccccc2)nc1-c1cccc(Cl)c1. The maximum Gasteiger partial charge on any atom is 0.159 e. The van der Waals surface area contributed by atoms with Crippen molar-refractivity contribution in [1.82, 2.24) is 9.97 Å². The molecule has 3 aromatic rings. The van der Waals surface area contributed by atoms with E-state index in [4.69, 9.17) is 16.6 Å². The minimum atomic E-state index is 0.717. The number of aryl methyl sites for hydroxylation is 1. The highest BCUT2D eigenvalue weighted by atomic mass is 35.5. The van der Waals surface area contributed by atoms with E-state index in [0.717, 1.165) is 39.7 Å². The molecule has 0 aliphatic carbocycles. The lowest BCUT2D eigenvalue weighted by Crippen LogP contribution is -1.97. The Bertz CT molecular complexity index is 754. The first-order chi connectivity index (χ1) is 10.3. The largest absolute Gasteiger partial charge is 0.236 e. The molecule has 0 atom stereocenters. The van der Waals surface area contributed by atoms with E-state index in [2.05, 4.69) is 11.9 Å². The van der Waals surface area contributed by atoms with Crippen molar-refractivity contribution >= 4 is 11.6 Å². The van der Waals surface area contributed by atoms with Crippen LogP contribution in [0.4, 0.5) is 0 Å². The van der Waals surface area contributed by atoms with E-state index >= 15 is 0 Å². The van der Waals surface area contributed by atoms with Crippen molar-refractivity contribution < 1.29 is 0 Å². The second-order valence-electron chi connectivity index (χ2n) is 4.80. The fraction of sp³-hybridized carbons (Fsp3) is 0.111. The normalized spacial score (nSPS) is 10.6. The molecule has 0 spiro atoms. The molecular weight excluding hydrogens is 280 g/mol. The van der Waals surface area contributed by atoms with Crippen LogP contribution >= 0.6 is 11.6 Å². The zero-order valence-electron chi connectivity index (χ0n) is 11.8. The molecule has 0 radical (unpaired) electrons. The van der Waals surface area contributed by atoms with Crippen molar-refractivity contribution in [2.75, 3.05) is 0 Å². The Kier molecular flexibility index (Phi) is 3.98. The number of aromatic nitrogens is 2. The third-order valence-corrected chi connectivity index (χ3v) is 3.61. The van der Waals surface area contributed by atoms with Crippen molar-refractivity contribution in [1.29, 1.82) is 0 Å². The van der Waals surface area contributed by atoms with Crippen LogP contribution in [0.3, 0.4) is 0 Å². The molecule has 0 bridgehead atoms. The van der Waals surface area contributed by atoms with Gasteiger partial charge in [0, 0.05) is 22.3 Å². The van der Waals surface area contributed by atoms with Gasteiger partial charge in [0.2, 0.25) is 0 Å². The van der Waals surface area contributed by atoms with Gasteiger partial charge in [-0.05, 0) is 24.1 Å². The van der Waals surface area contributed by atoms with Gasteiger partial charge in [0.25, 0.3) is 0 Å². The molecule has 0 aliphatic heterocycles. The van der Waals surface area contributed by atoms with E-state index in [1.54, 1.807) is 0 Å². The fourth-order valence-corrected chi connectivity index (χ4v) is 2.47. The van der Waals surface area contributed by atoms with Crippen LogP contribution in [-0.2, 0) is 6.42 Å². The summed E-state index contributed by atoms with van der Waals surface area (Å²) in [4.78, 5) is 9.24. The lowest BCUT2D eigenvalue weighted by Gasteiger charge is -2.09. The van der Waals surface area contributed by atoms with Crippen LogP contribution in [0.2, 0.25) is 5.02 Å². The van der Waals surface area contributed by atoms with Gasteiger partial charge in [-0.1, -0.05) is 61.0 Å². The highest BCUT2D eigenvalue weighted by Crippen LogP contribution is 2.26. The zero-order valence-corrected chi connectivity index (χ0v) is 12.5. The first kappa shape index (κ1) is 13.8. The van der Waals surface area contributed by atoms with E-state index in [-0.39, 0.29) is 0 Å². The summed E-state index contributed by atoms with van der Waals surface area (Å²) in [6.45, 7) is 2.11. The maximum atomic E-state index is 6.10. The third-order valence-electron chi connectivity index (χ3n) is 3.38. The zero-order chi connectivity index (χ0) is 14.7. The van der Waals surface area contributed by atoms with Crippen LogP contribution < -0.4 is 0 Å². The summed E-state index contributed by atoms with van der Waals surface area (Å²) >= 11 is 6.10. The Morgan fingerprint density at radius 3 is 2.43 bits per heavy atom. The van der Waals surface area contributed by atoms with Crippen LogP contribution in [0.5, 0.6) is 0 Å². The van der Waals surface area contributed by atoms with Crippen molar-refractivity contribution in [3.05, 3.63) is 71.4 Å². The minimum Gasteiger partial charge on any atom is -0.236 e. The van der Waals surface area contributed by atoms with Crippen molar-refractivity contribution in [3.8, 4) is 22.6 Å². The lowest BCUT2D eigenvalue weighted by atomic mass is 10.0. The van der Waals surface area contributed by atoms with Crippen LogP contribution in [0, 0.1) is 0 Å². The van der Waals surface area contributed by atoms with Gasteiger partial charge in [-0.3, -0.25) is 0 Å². The van der Waals surface area contributed by atoms with Gasteiger partial charge >= 0.3 is 0 Å². The van der Waals surface area contributed by atoms with Crippen LogP contribution in [0.1, 0.15) is 12.5 Å². The van der Waals surface area contributed by atoms with Crippen LogP contribution in [0.25, 0.3) is 22.6 Å². The van der Waals surface area contributed by atoms with Gasteiger partial charge in [-0.15, -0.1) is 0 Å². The van der Waals surface area contributed by atoms with E-state index in [1.165, 1.54) is 0 Å². The Balaban J connectivity index is 2.14. The van der Waals surface area contributed by atoms with Crippen LogP contribution in [0.15, 0.2) is 60.8 Å². The molecule has 0 saturated heterocycles. The van der Waals surface area contributed by atoms with Gasteiger partial charge in [0.05, 0.1) is 5.69 Å². The maximum absolute atomic E-state index is 6.10. The molecule has 3 rings (SSSR count). The van der Waals surface area contributed by atoms with E-state index in [0.29, 0.717) is 0 Å². The van der Waals surface area contributed by atoms with E-state index in [9.17, 15) is 0 Å². The van der Waals surface area contributed by atoms with Gasteiger partial charge in [0.1, 0.15) is 0 Å². The predicted octanol–water partition coefficient (Wildman–Crippen LogP) is 5.03. The minimum absolute atomic E-state index is 0.717. The average Bonchev–Trinajstić information content (AvgIpc) is 2.55. The molecule has 0 saturated carbocycles. The number of hydrogen-bond donors (Lipinski definition) is 0. The second kappa shape index (κ2) is 6.06. The molecular formula is C18H15ClN2. The molecule has 0 amide bonds. The Morgan fingerprint density at radius 2 is 1.71 bits per heavy atom. The summed E-state index contributed by atoms with van der Waals surface area (Å²) in [6, 6.07) is 17.8. The van der Waals surface area contributed by atoms with Gasteiger partial charge in [-0.25, -0.2) is 9.97 Å². The predicted molar refractivity (Wildman–Crippen MR) is 87.3 cm³/mol. The highest BCUT2D eigenvalue weighted by molar-refractivity contribution is 6.30. The quantitative estimate of drug-likeness (QED) is 0.677. The highest BCUT2D eigenvalue weighted by Gasteiger charge is 2.10. The summed E-state index contributed by atoms with van der Waals surface area (Å²) in [6.07, 6.45) is 2.79. The number of benzene rings is 2. The molecule has 3 heteroatoms. The molecule has 2 nitrogen and oxygen atoms in total. The van der Waals surface area contributed by atoms with Gasteiger partial charge in [0.15, 0.2) is 5.82 Å². The van der Waals surface area contributed by atoms with Gasteiger partial charge in [-0.2, -0.15) is 0 Å².